The molecule has 0 spiro atoms. The van der Waals surface area contributed by atoms with Crippen molar-refractivity contribution in [3.8, 4) is 5.75 Å². The number of unbranched alkanes of at least 4 members (excludes halogenated alkanes) is 9. The Morgan fingerprint density at radius 2 is 1.49 bits per heavy atom. The zero-order valence-corrected chi connectivity index (χ0v) is 33.8. The number of piperazine rings is 1. The molecule has 4 amide bonds. The molecule has 1 N–H and O–H groups in total. The number of esters is 1. The Kier molecular flexibility index (Phi) is 14.7. The first-order chi connectivity index (χ1) is 27.7. The van der Waals surface area contributed by atoms with E-state index in [0.29, 0.717) is 18.7 Å². The third-order valence-electron chi connectivity index (χ3n) is 11.3. The molecule has 1 unspecified atom stereocenters. The first kappa shape index (κ1) is 41.3. The molecule has 2 fully saturated rings. The fourth-order valence-corrected chi connectivity index (χ4v) is 8.16. The molecular formula is C46H58N6O5. The molecule has 57 heavy (non-hydrogen) atoms. The van der Waals surface area contributed by atoms with Crippen molar-refractivity contribution in [1.82, 2.24) is 30.1 Å². The number of carbonyl (C=O) groups is 4. The molecule has 1 aromatic heterocycles. The van der Waals surface area contributed by atoms with E-state index >= 15 is 0 Å². The van der Waals surface area contributed by atoms with E-state index in [4.69, 9.17) is 4.74 Å². The SMILES string of the molecule is CCCCCCCCCCCCC(=O)Oc1ccc(C[C@H]2C(=O)N(Cc3cccc4cccnc34)[C@@H](C)C3N2C(=O)CN(C)N3C(=O)NCc2ccccc2)cc1. The molecule has 4 aromatic rings. The van der Waals surface area contributed by atoms with Crippen molar-refractivity contribution >= 4 is 34.7 Å². The monoisotopic (exact) mass is 774 g/mol. The predicted molar refractivity (Wildman–Crippen MR) is 222 cm³/mol. The van der Waals surface area contributed by atoms with Gasteiger partial charge in [0.05, 0.1) is 18.1 Å². The molecule has 2 aliphatic heterocycles. The van der Waals surface area contributed by atoms with E-state index in [1.165, 1.54) is 44.9 Å². The van der Waals surface area contributed by atoms with E-state index in [1.807, 2.05) is 79.7 Å². The summed E-state index contributed by atoms with van der Waals surface area (Å²) in [7, 11) is 1.73. The molecular weight excluding hydrogens is 717 g/mol. The lowest BCUT2D eigenvalue weighted by atomic mass is 9.94. The van der Waals surface area contributed by atoms with Crippen LogP contribution >= 0.6 is 0 Å². The topological polar surface area (TPSA) is 115 Å². The molecule has 3 heterocycles. The van der Waals surface area contributed by atoms with Gasteiger partial charge >= 0.3 is 12.0 Å². The number of hydrogen-bond acceptors (Lipinski definition) is 7. The number of nitrogens with one attached hydrogen (secondary N) is 1. The van der Waals surface area contributed by atoms with Crippen LogP contribution in [0.2, 0.25) is 0 Å². The van der Waals surface area contributed by atoms with Gasteiger partial charge in [-0.05, 0) is 48.2 Å². The summed E-state index contributed by atoms with van der Waals surface area (Å²) in [5.41, 5.74) is 3.42. The number of benzene rings is 3. The normalized spacial score (nSPS) is 18.5. The van der Waals surface area contributed by atoms with Gasteiger partial charge in [0.15, 0.2) is 0 Å². The molecule has 6 rings (SSSR count). The molecule has 2 saturated heterocycles. The minimum absolute atomic E-state index is 0.0626. The Bertz CT molecular complexity index is 1950. The summed E-state index contributed by atoms with van der Waals surface area (Å²) in [6, 6.07) is 24.8. The Morgan fingerprint density at radius 1 is 0.807 bits per heavy atom. The minimum atomic E-state index is -0.885. The second-order valence-corrected chi connectivity index (χ2v) is 15.5. The maximum atomic E-state index is 14.7. The molecule has 2 aliphatic rings. The molecule has 3 aromatic carbocycles. The molecule has 0 bridgehead atoms. The van der Waals surface area contributed by atoms with Gasteiger partial charge in [-0.25, -0.2) is 14.8 Å². The molecule has 3 atom stereocenters. The van der Waals surface area contributed by atoms with Gasteiger partial charge in [-0.1, -0.05) is 131 Å². The number of rotatable bonds is 18. The quantitative estimate of drug-likeness (QED) is 0.0619. The summed E-state index contributed by atoms with van der Waals surface area (Å²) < 4.78 is 5.66. The number of aromatic nitrogens is 1. The minimum Gasteiger partial charge on any atom is -0.427 e. The average Bonchev–Trinajstić information content (AvgIpc) is 3.22. The zero-order valence-electron chi connectivity index (χ0n) is 33.8. The largest absolute Gasteiger partial charge is 0.427 e. The number of likely N-dealkylation sites (N-methyl/N-ethyl adjacent to an activating group) is 1. The lowest BCUT2D eigenvalue weighted by Crippen LogP contribution is -2.78. The molecule has 0 saturated carbocycles. The van der Waals surface area contributed by atoms with Gasteiger partial charge < -0.3 is 19.9 Å². The lowest BCUT2D eigenvalue weighted by molar-refractivity contribution is -0.196. The third kappa shape index (κ3) is 10.6. The Hall–Kier alpha value is -5.29. The van der Waals surface area contributed by atoms with Crippen LogP contribution in [0.5, 0.6) is 5.75 Å². The highest BCUT2D eigenvalue weighted by atomic mass is 16.5. The van der Waals surface area contributed by atoms with Gasteiger partial charge in [0.2, 0.25) is 11.8 Å². The maximum Gasteiger partial charge on any atom is 0.334 e. The predicted octanol–water partition coefficient (Wildman–Crippen LogP) is 8.02. The van der Waals surface area contributed by atoms with E-state index in [2.05, 4.69) is 17.2 Å². The average molecular weight is 775 g/mol. The summed E-state index contributed by atoms with van der Waals surface area (Å²) in [5, 5.41) is 7.23. The van der Waals surface area contributed by atoms with Crippen molar-refractivity contribution < 1.29 is 23.9 Å². The molecule has 11 nitrogen and oxygen atoms in total. The van der Waals surface area contributed by atoms with Crippen LogP contribution in [0.25, 0.3) is 10.9 Å². The van der Waals surface area contributed by atoms with Gasteiger partial charge in [-0.15, -0.1) is 0 Å². The summed E-state index contributed by atoms with van der Waals surface area (Å²) in [4.78, 5) is 63.4. The van der Waals surface area contributed by atoms with Gasteiger partial charge in [-0.3, -0.25) is 19.4 Å². The summed E-state index contributed by atoms with van der Waals surface area (Å²) in [6.07, 6.45) is 13.5. The van der Waals surface area contributed by atoms with Gasteiger partial charge in [-0.2, -0.15) is 0 Å². The van der Waals surface area contributed by atoms with E-state index in [-0.39, 0.29) is 43.3 Å². The van der Waals surface area contributed by atoms with Crippen LogP contribution in [0.3, 0.4) is 0 Å². The Balaban J connectivity index is 1.16. The second kappa shape index (κ2) is 20.2. The number of amides is 4. The lowest BCUT2D eigenvalue weighted by Gasteiger charge is -2.57. The maximum absolute atomic E-state index is 14.7. The highest BCUT2D eigenvalue weighted by molar-refractivity contribution is 5.92. The van der Waals surface area contributed by atoms with Crippen LogP contribution in [0, 0.1) is 0 Å². The number of carbonyl (C=O) groups excluding carboxylic acids is 4. The number of para-hydroxylation sites is 1. The molecule has 0 radical (unpaired) electrons. The zero-order chi connectivity index (χ0) is 40.1. The van der Waals surface area contributed by atoms with Gasteiger partial charge in [0.25, 0.3) is 0 Å². The number of fused-ring (bicyclic) bond motifs is 2. The fourth-order valence-electron chi connectivity index (χ4n) is 8.16. The van der Waals surface area contributed by atoms with Crippen LogP contribution in [-0.2, 0) is 33.9 Å². The molecule has 11 heteroatoms. The highest BCUT2D eigenvalue weighted by Gasteiger charge is 2.54. The summed E-state index contributed by atoms with van der Waals surface area (Å²) in [5.74, 6) is -0.252. The second-order valence-electron chi connectivity index (χ2n) is 15.5. The number of hydrogen-bond donors (Lipinski definition) is 1. The highest BCUT2D eigenvalue weighted by Crippen LogP contribution is 2.33. The van der Waals surface area contributed by atoms with E-state index in [9.17, 15) is 19.2 Å². The Morgan fingerprint density at radius 3 is 2.21 bits per heavy atom. The molecule has 302 valence electrons. The Labute approximate surface area is 337 Å². The van der Waals surface area contributed by atoms with Crippen molar-refractivity contribution in [1.29, 1.82) is 0 Å². The van der Waals surface area contributed by atoms with Crippen molar-refractivity contribution in [2.45, 2.75) is 122 Å². The van der Waals surface area contributed by atoms with E-state index < -0.39 is 18.2 Å². The van der Waals surface area contributed by atoms with Crippen molar-refractivity contribution in [2.24, 2.45) is 0 Å². The van der Waals surface area contributed by atoms with Crippen LogP contribution in [-0.4, -0.2) is 80.5 Å². The van der Waals surface area contributed by atoms with E-state index in [1.54, 1.807) is 45.2 Å². The van der Waals surface area contributed by atoms with Crippen LogP contribution < -0.4 is 10.1 Å². The number of urea groups is 1. The van der Waals surface area contributed by atoms with Crippen molar-refractivity contribution in [3.05, 3.63) is 108 Å². The number of hydrazine groups is 1. The van der Waals surface area contributed by atoms with Gasteiger partial charge in [0, 0.05) is 44.6 Å². The number of nitrogens with zero attached hydrogens (tertiary/aromatic N) is 5. The smallest absolute Gasteiger partial charge is 0.334 e. The fraction of sp³-hybridized carbons (Fsp3) is 0.457. The number of ether oxygens (including phenoxy) is 1. The van der Waals surface area contributed by atoms with Gasteiger partial charge in [0.1, 0.15) is 18.0 Å². The third-order valence-corrected chi connectivity index (χ3v) is 11.3. The van der Waals surface area contributed by atoms with Crippen LogP contribution in [0.4, 0.5) is 4.79 Å². The van der Waals surface area contributed by atoms with E-state index in [0.717, 1.165) is 46.9 Å². The standard InChI is InChI=1S/C46H58N6O5/c1-4-5-6-7-8-9-10-11-12-16-24-42(54)57-39-27-25-35(26-28-39)30-40-45(55)50(32-38-22-17-21-37-23-18-29-47-43(37)38)34(2)44-51(40)41(53)33-49(3)52(44)46(56)48-31-36-19-14-13-15-20-36/h13-15,17-23,25-29,34,40,44H,4-12,16,24,30-33H2,1-3H3,(H,48,56)/t34-,40-,44?/m0/s1. The molecule has 0 aliphatic carbocycles. The van der Waals surface area contributed by atoms with Crippen molar-refractivity contribution in [2.75, 3.05) is 13.6 Å². The number of pyridine rings is 1. The van der Waals surface area contributed by atoms with Crippen LogP contribution in [0.15, 0.2) is 91.1 Å². The first-order valence-corrected chi connectivity index (χ1v) is 20.8. The van der Waals surface area contributed by atoms with Crippen molar-refractivity contribution in [3.63, 3.8) is 0 Å². The first-order valence-electron chi connectivity index (χ1n) is 20.8. The summed E-state index contributed by atoms with van der Waals surface area (Å²) >= 11 is 0. The van der Waals surface area contributed by atoms with Crippen LogP contribution in [0.1, 0.15) is 101 Å². The summed E-state index contributed by atoms with van der Waals surface area (Å²) in [6.45, 7) is 4.63.